The van der Waals surface area contributed by atoms with E-state index >= 15 is 0 Å². The lowest BCUT2D eigenvalue weighted by Crippen LogP contribution is -2.39. The van der Waals surface area contributed by atoms with E-state index in [-0.39, 0.29) is 6.42 Å². The van der Waals surface area contributed by atoms with E-state index in [1.54, 1.807) is 0 Å². The van der Waals surface area contributed by atoms with Crippen molar-refractivity contribution in [1.82, 2.24) is 4.90 Å². The highest BCUT2D eigenvalue weighted by molar-refractivity contribution is 8.68. The molecule has 6 nitrogen and oxygen atoms in total. The fourth-order valence-electron chi connectivity index (χ4n) is 1.88. The predicted molar refractivity (Wildman–Crippen MR) is 85.5 cm³/mol. The van der Waals surface area contributed by atoms with Crippen molar-refractivity contribution >= 4 is 40.3 Å². The van der Waals surface area contributed by atoms with Gasteiger partial charge in [0.15, 0.2) is 0 Å². The van der Waals surface area contributed by atoms with E-state index in [9.17, 15) is 14.4 Å². The molecule has 0 aromatic carbocycles. The molecule has 8 heteroatoms. The number of thiol groups is 1. The Morgan fingerprint density at radius 1 is 1.10 bits per heavy atom. The Morgan fingerprint density at radius 2 is 1.67 bits per heavy atom. The summed E-state index contributed by atoms with van der Waals surface area (Å²) in [6.45, 7) is 1.01. The smallest absolute Gasteiger partial charge is 0.323 e. The molecule has 0 fully saturated rings. The summed E-state index contributed by atoms with van der Waals surface area (Å²) in [6, 6.07) is 0. The van der Waals surface area contributed by atoms with Crippen LogP contribution in [0.1, 0.15) is 39.0 Å². The number of amides is 1. The molecule has 0 bridgehead atoms. The van der Waals surface area contributed by atoms with Gasteiger partial charge in [-0.15, -0.1) is 11.7 Å². The van der Waals surface area contributed by atoms with Crippen LogP contribution in [0.3, 0.4) is 0 Å². The third kappa shape index (κ3) is 11.4. The van der Waals surface area contributed by atoms with Crippen molar-refractivity contribution in [2.24, 2.45) is 5.92 Å². The maximum Gasteiger partial charge on any atom is 0.323 e. The van der Waals surface area contributed by atoms with Gasteiger partial charge in [-0.2, -0.15) is 0 Å². The maximum absolute atomic E-state index is 11.8. The van der Waals surface area contributed by atoms with E-state index in [4.69, 9.17) is 10.2 Å². The molecule has 21 heavy (non-hydrogen) atoms. The lowest BCUT2D eigenvalue weighted by molar-refractivity contribution is -0.149. The summed E-state index contributed by atoms with van der Waals surface area (Å²) in [5.41, 5.74) is 0. The zero-order valence-corrected chi connectivity index (χ0v) is 13.9. The van der Waals surface area contributed by atoms with Crippen molar-refractivity contribution < 1.29 is 24.6 Å². The number of carbonyl (C=O) groups excluding carboxylic acids is 1. The van der Waals surface area contributed by atoms with Crippen molar-refractivity contribution in [3.8, 4) is 0 Å². The normalized spacial score (nSPS) is 11.9. The molecule has 0 aromatic rings. The van der Waals surface area contributed by atoms with Crippen LogP contribution in [-0.2, 0) is 14.4 Å². The van der Waals surface area contributed by atoms with E-state index in [0.717, 1.165) is 29.9 Å². The topological polar surface area (TPSA) is 94.9 Å². The minimum absolute atomic E-state index is 0.189. The van der Waals surface area contributed by atoms with Crippen LogP contribution < -0.4 is 0 Å². The van der Waals surface area contributed by atoms with Crippen LogP contribution in [0, 0.1) is 5.92 Å². The summed E-state index contributed by atoms with van der Waals surface area (Å²) in [4.78, 5) is 33.9. The number of hydrogen-bond donors (Lipinski definition) is 3. The molecule has 0 spiro atoms. The molecule has 0 saturated heterocycles. The second-order valence-electron chi connectivity index (χ2n) is 5.01. The summed E-state index contributed by atoms with van der Waals surface area (Å²) < 4.78 is 0. The molecule has 122 valence electrons. The van der Waals surface area contributed by atoms with Crippen LogP contribution in [-0.4, -0.2) is 51.8 Å². The summed E-state index contributed by atoms with van der Waals surface area (Å²) in [5, 5.41) is 17.4. The number of rotatable bonds is 12. The maximum atomic E-state index is 11.8. The molecule has 0 aromatic heterocycles. The quantitative estimate of drug-likeness (QED) is 0.287. The molecule has 2 N–H and O–H groups in total. The molecular formula is C13H23NO5S2. The first-order chi connectivity index (χ1) is 9.86. The number of aliphatic carboxylic acids is 2. The monoisotopic (exact) mass is 337 g/mol. The minimum Gasteiger partial charge on any atom is -0.480 e. The third-order valence-corrected chi connectivity index (χ3v) is 4.01. The highest BCUT2D eigenvalue weighted by Gasteiger charge is 2.19. The van der Waals surface area contributed by atoms with Crippen molar-refractivity contribution in [3.05, 3.63) is 0 Å². The Hall–Kier alpha value is -0.890. The van der Waals surface area contributed by atoms with Crippen LogP contribution in [0.25, 0.3) is 0 Å². The van der Waals surface area contributed by atoms with Gasteiger partial charge in [-0.05, 0) is 18.8 Å². The molecule has 0 rings (SSSR count). The zero-order chi connectivity index (χ0) is 16.3. The summed E-state index contributed by atoms with van der Waals surface area (Å²) in [5.74, 6) is -1.27. The standard InChI is InChI=1S/C13H23NO5S2/c1-10(6-7-21-20)4-2-3-5-11(15)14(8-12(16)17)9-13(18)19/h10,20H,2-9H2,1H3,(H,16,17)(H,18,19). The van der Waals surface area contributed by atoms with E-state index in [2.05, 4.69) is 18.6 Å². The highest BCUT2D eigenvalue weighted by atomic mass is 33.1. The lowest BCUT2D eigenvalue weighted by Gasteiger charge is -2.18. The van der Waals surface area contributed by atoms with E-state index in [1.165, 1.54) is 10.8 Å². The Bertz CT molecular complexity index is 335. The first-order valence-electron chi connectivity index (χ1n) is 6.84. The van der Waals surface area contributed by atoms with E-state index in [1.807, 2.05) is 0 Å². The van der Waals surface area contributed by atoms with Crippen LogP contribution >= 0.6 is 22.5 Å². The highest BCUT2D eigenvalue weighted by Crippen LogP contribution is 2.17. The van der Waals surface area contributed by atoms with Crippen molar-refractivity contribution in [3.63, 3.8) is 0 Å². The van der Waals surface area contributed by atoms with Gasteiger partial charge < -0.3 is 15.1 Å². The molecule has 0 aliphatic heterocycles. The largest absolute Gasteiger partial charge is 0.480 e. The number of nitrogens with zero attached hydrogens (tertiary/aromatic N) is 1. The Morgan fingerprint density at radius 3 is 2.14 bits per heavy atom. The van der Waals surface area contributed by atoms with Crippen LogP contribution in [0.2, 0.25) is 0 Å². The molecule has 1 atom stereocenters. The number of unbranched alkanes of at least 4 members (excludes halogenated alkanes) is 1. The predicted octanol–water partition coefficient (Wildman–Crippen LogP) is 2.15. The van der Waals surface area contributed by atoms with Gasteiger partial charge in [0.2, 0.25) is 5.91 Å². The van der Waals surface area contributed by atoms with E-state index < -0.39 is 30.9 Å². The van der Waals surface area contributed by atoms with Gasteiger partial charge in [-0.3, -0.25) is 14.4 Å². The number of carbonyl (C=O) groups is 3. The van der Waals surface area contributed by atoms with Crippen LogP contribution in [0.4, 0.5) is 0 Å². The van der Waals surface area contributed by atoms with Gasteiger partial charge in [0.1, 0.15) is 13.1 Å². The molecule has 0 aliphatic rings. The van der Waals surface area contributed by atoms with Crippen molar-refractivity contribution in [2.45, 2.75) is 39.0 Å². The van der Waals surface area contributed by atoms with Gasteiger partial charge in [0, 0.05) is 12.2 Å². The average molecular weight is 337 g/mol. The fraction of sp³-hybridized carbons (Fsp3) is 0.769. The summed E-state index contributed by atoms with van der Waals surface area (Å²) in [6.07, 6.45) is 3.78. The first-order valence-corrected chi connectivity index (χ1v) is 8.88. The van der Waals surface area contributed by atoms with Crippen molar-refractivity contribution in [1.29, 1.82) is 0 Å². The van der Waals surface area contributed by atoms with Crippen molar-refractivity contribution in [2.75, 3.05) is 18.8 Å². The van der Waals surface area contributed by atoms with Gasteiger partial charge in [0.05, 0.1) is 0 Å². The lowest BCUT2D eigenvalue weighted by atomic mass is 10.0. The fourth-order valence-corrected chi connectivity index (χ4v) is 2.71. The number of carboxylic acid groups (broad SMARTS) is 2. The molecular weight excluding hydrogens is 314 g/mol. The van der Waals surface area contributed by atoms with Gasteiger partial charge in [0.25, 0.3) is 0 Å². The Labute approximate surface area is 134 Å². The molecule has 0 heterocycles. The van der Waals surface area contributed by atoms with Crippen LogP contribution in [0.5, 0.6) is 0 Å². The number of hydrogen-bond acceptors (Lipinski definition) is 5. The third-order valence-electron chi connectivity index (χ3n) is 3.04. The molecule has 0 radical (unpaired) electrons. The molecule has 1 amide bonds. The second-order valence-corrected chi connectivity index (χ2v) is 6.45. The Balaban J connectivity index is 4.02. The zero-order valence-electron chi connectivity index (χ0n) is 12.2. The summed E-state index contributed by atoms with van der Waals surface area (Å²) >= 11 is 4.08. The van der Waals surface area contributed by atoms with Gasteiger partial charge >= 0.3 is 11.9 Å². The van der Waals surface area contributed by atoms with Crippen LogP contribution in [0.15, 0.2) is 0 Å². The average Bonchev–Trinajstić information content (AvgIpc) is 2.39. The number of carboxylic acids is 2. The minimum atomic E-state index is -1.21. The van der Waals surface area contributed by atoms with Gasteiger partial charge in [-0.25, -0.2) is 0 Å². The van der Waals surface area contributed by atoms with E-state index in [0.29, 0.717) is 12.3 Å². The van der Waals surface area contributed by atoms with Gasteiger partial charge in [-0.1, -0.05) is 30.6 Å². The summed E-state index contributed by atoms with van der Waals surface area (Å²) in [7, 11) is 1.51. The molecule has 0 aliphatic carbocycles. The molecule has 0 saturated carbocycles. The second kappa shape index (κ2) is 11.7. The first kappa shape index (κ1) is 20.1. The SMILES string of the molecule is CC(CCCCC(=O)N(CC(=O)O)CC(=O)O)CCSS. The molecule has 1 unspecified atom stereocenters. The Kier molecular flexibility index (Phi) is 11.2.